The number of carboxylic acid groups (broad SMARTS) is 1. The monoisotopic (exact) mass is 700 g/mol. The molecule has 2 amide bonds. The van der Waals surface area contributed by atoms with Gasteiger partial charge in [0.1, 0.15) is 11.8 Å². The number of anilines is 1. The highest BCUT2D eigenvalue weighted by Gasteiger charge is 2.43. The van der Waals surface area contributed by atoms with Crippen LogP contribution in [0.4, 0.5) is 18.9 Å². The Bertz CT molecular complexity index is 1430. The summed E-state index contributed by atoms with van der Waals surface area (Å²) in [6.45, 7) is 1.88. The van der Waals surface area contributed by atoms with Gasteiger partial charge in [0.05, 0.1) is 17.3 Å². The summed E-state index contributed by atoms with van der Waals surface area (Å²) in [6.07, 6.45) is -4.18. The maximum Gasteiger partial charge on any atom is 0.573 e. The van der Waals surface area contributed by atoms with Crippen molar-refractivity contribution in [3.63, 3.8) is 0 Å². The average molecular weight is 701 g/mol. The van der Waals surface area contributed by atoms with Crippen LogP contribution in [0.1, 0.15) is 59.8 Å². The fourth-order valence-corrected chi connectivity index (χ4v) is 5.41. The molecule has 12 heteroatoms. The number of ether oxygens (including phenoxy) is 1. The number of unbranched alkanes of at least 4 members (excludes halogenated alkanes) is 1. The van der Waals surface area contributed by atoms with E-state index >= 15 is 0 Å². The molecule has 0 aromatic heterocycles. The summed E-state index contributed by atoms with van der Waals surface area (Å²) in [5.74, 6) is -2.20. The number of alkyl halides is 3. The average Bonchev–Trinajstić information content (AvgIpc) is 2.99. The molecule has 3 aromatic rings. The number of benzene rings is 3. The predicted octanol–water partition coefficient (Wildman–Crippen LogP) is 7.39. The number of fused-ring (bicyclic) bond motifs is 1. The van der Waals surface area contributed by atoms with E-state index in [0.29, 0.717) is 34.7 Å². The molecule has 4 rings (SSSR count). The van der Waals surface area contributed by atoms with Crippen LogP contribution in [0, 0.1) is 3.57 Å². The first kappa shape index (κ1) is 30.6. The summed E-state index contributed by atoms with van der Waals surface area (Å²) < 4.78 is 42.9. The normalized spacial score (nSPS) is 16.3. The van der Waals surface area contributed by atoms with E-state index in [2.05, 4.69) is 27.3 Å². The largest absolute Gasteiger partial charge is 0.573 e. The molecule has 1 heterocycles. The molecular formula is C29H25ClF3IN2O5. The van der Waals surface area contributed by atoms with Crippen LogP contribution in [0.3, 0.4) is 0 Å². The Morgan fingerprint density at radius 2 is 1.71 bits per heavy atom. The Morgan fingerprint density at radius 3 is 2.32 bits per heavy atom. The lowest BCUT2D eigenvalue weighted by atomic mass is 9.98. The molecule has 0 bridgehead atoms. The lowest BCUT2D eigenvalue weighted by Gasteiger charge is -2.36. The Balaban J connectivity index is 1.81. The highest BCUT2D eigenvalue weighted by Crippen LogP contribution is 2.41. The number of carboxylic acids is 1. The molecule has 0 fully saturated rings. The van der Waals surface area contributed by atoms with Gasteiger partial charge in [-0.2, -0.15) is 0 Å². The maximum absolute atomic E-state index is 14.3. The number of hydrogen-bond donors (Lipinski definition) is 1. The number of rotatable bonds is 9. The van der Waals surface area contributed by atoms with Gasteiger partial charge in [0.15, 0.2) is 0 Å². The highest BCUT2D eigenvalue weighted by atomic mass is 127. The minimum absolute atomic E-state index is 0.0572. The van der Waals surface area contributed by atoms with Crippen molar-refractivity contribution in [3.05, 3.63) is 92.0 Å². The van der Waals surface area contributed by atoms with Gasteiger partial charge in [0, 0.05) is 21.6 Å². The number of aliphatic carboxylic acids is 1. The molecule has 0 aliphatic carbocycles. The number of halogens is 5. The third-order valence-electron chi connectivity index (χ3n) is 6.71. The van der Waals surface area contributed by atoms with Gasteiger partial charge >= 0.3 is 12.3 Å². The van der Waals surface area contributed by atoms with E-state index in [1.165, 1.54) is 21.9 Å². The quantitative estimate of drug-likeness (QED) is 0.186. The molecular weight excluding hydrogens is 676 g/mol. The summed E-state index contributed by atoms with van der Waals surface area (Å²) in [6, 6.07) is 15.0. The van der Waals surface area contributed by atoms with Crippen molar-refractivity contribution in [2.24, 2.45) is 0 Å². The SMILES string of the molecule is CC(c1ccc(OC(F)(F)F)cc1)N1C(=O)c2cc(I)ccc2N(CCCCC(=O)O)C(=O)C1c1ccc(Cl)cc1. The Hall–Kier alpha value is -3.32. The Kier molecular flexibility index (Phi) is 9.48. The van der Waals surface area contributed by atoms with Crippen LogP contribution < -0.4 is 9.64 Å². The van der Waals surface area contributed by atoms with Crippen LogP contribution >= 0.6 is 34.2 Å². The number of nitrogens with zero attached hydrogens (tertiary/aromatic N) is 2. The molecule has 0 spiro atoms. The molecule has 0 radical (unpaired) electrons. The molecule has 2 unspecified atom stereocenters. The summed E-state index contributed by atoms with van der Waals surface area (Å²) in [5, 5.41) is 9.49. The van der Waals surface area contributed by atoms with Gasteiger partial charge < -0.3 is 19.6 Å². The fraction of sp³-hybridized carbons (Fsp3) is 0.276. The van der Waals surface area contributed by atoms with Crippen LogP contribution in [-0.4, -0.2) is 40.7 Å². The summed E-state index contributed by atoms with van der Waals surface area (Å²) in [4.78, 5) is 42.6. The van der Waals surface area contributed by atoms with Gasteiger partial charge in [-0.05, 0) is 95.9 Å². The third-order valence-corrected chi connectivity index (χ3v) is 7.64. The van der Waals surface area contributed by atoms with Crippen molar-refractivity contribution in [1.29, 1.82) is 0 Å². The van der Waals surface area contributed by atoms with Crippen LogP contribution in [0.25, 0.3) is 0 Å². The summed E-state index contributed by atoms with van der Waals surface area (Å²) in [5.41, 5.74) is 1.67. The first-order chi connectivity index (χ1) is 19.4. The van der Waals surface area contributed by atoms with Crippen LogP contribution in [0.2, 0.25) is 5.02 Å². The van der Waals surface area contributed by atoms with Crippen molar-refractivity contribution in [2.75, 3.05) is 11.4 Å². The van der Waals surface area contributed by atoms with Crippen LogP contribution in [-0.2, 0) is 9.59 Å². The smallest absolute Gasteiger partial charge is 0.481 e. The number of carbonyl (C=O) groups is 3. The topological polar surface area (TPSA) is 87.2 Å². The van der Waals surface area contributed by atoms with Crippen LogP contribution in [0.15, 0.2) is 66.7 Å². The molecule has 0 saturated heterocycles. The van der Waals surface area contributed by atoms with Gasteiger partial charge in [0.25, 0.3) is 11.8 Å². The maximum atomic E-state index is 14.3. The molecule has 0 saturated carbocycles. The second kappa shape index (κ2) is 12.7. The van der Waals surface area contributed by atoms with Gasteiger partial charge in [-0.1, -0.05) is 35.9 Å². The fourth-order valence-electron chi connectivity index (χ4n) is 4.79. The van der Waals surface area contributed by atoms with Crippen LogP contribution in [0.5, 0.6) is 5.75 Å². The van der Waals surface area contributed by atoms with E-state index in [9.17, 15) is 27.6 Å². The van der Waals surface area contributed by atoms with Crippen molar-refractivity contribution in [1.82, 2.24) is 4.90 Å². The van der Waals surface area contributed by atoms with Gasteiger partial charge in [-0.25, -0.2) is 0 Å². The number of hydrogen-bond acceptors (Lipinski definition) is 4. The second-order valence-corrected chi connectivity index (χ2v) is 11.1. The van der Waals surface area contributed by atoms with Gasteiger partial charge in [0.2, 0.25) is 0 Å². The Morgan fingerprint density at radius 1 is 1.05 bits per heavy atom. The second-order valence-electron chi connectivity index (χ2n) is 9.46. The number of amides is 2. The zero-order valence-electron chi connectivity index (χ0n) is 21.7. The molecule has 3 aromatic carbocycles. The van der Waals surface area contributed by atoms with E-state index in [1.54, 1.807) is 49.4 Å². The third kappa shape index (κ3) is 7.31. The summed E-state index contributed by atoms with van der Waals surface area (Å²) in [7, 11) is 0. The van der Waals surface area contributed by atoms with E-state index in [-0.39, 0.29) is 18.5 Å². The molecule has 1 N–H and O–H groups in total. The van der Waals surface area contributed by atoms with E-state index < -0.39 is 42.0 Å². The molecule has 1 aliphatic heterocycles. The lowest BCUT2D eigenvalue weighted by molar-refractivity contribution is -0.274. The minimum Gasteiger partial charge on any atom is -0.481 e. The molecule has 41 heavy (non-hydrogen) atoms. The first-order valence-corrected chi connectivity index (χ1v) is 14.1. The summed E-state index contributed by atoms with van der Waals surface area (Å²) >= 11 is 8.19. The molecule has 7 nitrogen and oxygen atoms in total. The zero-order valence-corrected chi connectivity index (χ0v) is 24.6. The lowest BCUT2D eigenvalue weighted by Crippen LogP contribution is -2.44. The van der Waals surface area contributed by atoms with Gasteiger partial charge in [-0.15, -0.1) is 13.2 Å². The zero-order chi connectivity index (χ0) is 29.9. The van der Waals surface area contributed by atoms with Gasteiger partial charge in [-0.3, -0.25) is 14.4 Å². The first-order valence-electron chi connectivity index (χ1n) is 12.6. The van der Waals surface area contributed by atoms with E-state index in [0.717, 1.165) is 15.7 Å². The van der Waals surface area contributed by atoms with Crippen molar-refractivity contribution in [2.45, 2.75) is 44.6 Å². The molecule has 1 aliphatic rings. The van der Waals surface area contributed by atoms with E-state index in [1.807, 2.05) is 0 Å². The Labute approximate surface area is 253 Å². The van der Waals surface area contributed by atoms with Crippen molar-refractivity contribution in [3.8, 4) is 5.75 Å². The number of carbonyl (C=O) groups excluding carboxylic acids is 2. The minimum atomic E-state index is -4.85. The van der Waals surface area contributed by atoms with Crippen molar-refractivity contribution < 1.29 is 37.4 Å². The standard InChI is InChI=1S/C29H25ClF3IN2O5/c1-17(18-7-12-22(13-8-18)41-29(31,32)33)36-26(19-5-9-20(30)10-6-19)28(40)35(15-3-2-4-25(37)38)24-14-11-21(34)16-23(24)27(36)39/h5-14,16-17,26H,2-4,15H2,1H3,(H,37,38). The molecule has 2 atom stereocenters. The van der Waals surface area contributed by atoms with E-state index in [4.69, 9.17) is 16.7 Å². The molecule has 216 valence electrons. The predicted molar refractivity (Wildman–Crippen MR) is 155 cm³/mol. The van der Waals surface area contributed by atoms with Crippen molar-refractivity contribution >= 4 is 57.7 Å². The highest BCUT2D eigenvalue weighted by molar-refractivity contribution is 14.1.